The number of hydrogen-bond acceptors (Lipinski definition) is 7. The summed E-state index contributed by atoms with van der Waals surface area (Å²) in [5.74, 6) is -4.27. The number of hydrogen-bond donors (Lipinski definition) is 9. The van der Waals surface area contributed by atoms with Gasteiger partial charge in [-0.15, -0.1) is 0 Å². The average molecular weight is 636 g/mol. The van der Waals surface area contributed by atoms with Gasteiger partial charge in [0.25, 0.3) is 0 Å². The second-order valence-corrected chi connectivity index (χ2v) is 10.8. The molecule has 0 bridgehead atoms. The van der Waals surface area contributed by atoms with Gasteiger partial charge in [-0.3, -0.25) is 24.2 Å². The number of benzene rings is 2. The molecule has 15 heteroatoms. The monoisotopic (exact) mass is 635 g/mol. The molecule has 246 valence electrons. The Hall–Kier alpha value is -5.44. The van der Waals surface area contributed by atoms with E-state index >= 15 is 0 Å². The lowest BCUT2D eigenvalue weighted by atomic mass is 10.0. The molecule has 4 atom stereocenters. The van der Waals surface area contributed by atoms with E-state index < -0.39 is 53.8 Å². The average Bonchev–Trinajstić information content (AvgIpc) is 3.43. The molecule has 0 aliphatic rings. The fraction of sp³-hybridized carbons (Fsp3) is 0.355. The first kappa shape index (κ1) is 35.0. The molecule has 1 aromatic heterocycles. The van der Waals surface area contributed by atoms with E-state index in [0.29, 0.717) is 17.5 Å². The van der Waals surface area contributed by atoms with Crippen molar-refractivity contribution in [3.8, 4) is 0 Å². The van der Waals surface area contributed by atoms with E-state index in [9.17, 15) is 29.1 Å². The van der Waals surface area contributed by atoms with Crippen molar-refractivity contribution in [1.82, 2.24) is 20.9 Å². The van der Waals surface area contributed by atoms with E-state index in [1.807, 2.05) is 24.3 Å². The smallest absolute Gasteiger partial charge is 0.326 e. The summed E-state index contributed by atoms with van der Waals surface area (Å²) in [7, 11) is 0. The number of aromatic nitrogens is 1. The van der Waals surface area contributed by atoms with E-state index in [2.05, 4.69) is 25.9 Å². The van der Waals surface area contributed by atoms with Crippen LogP contribution in [0.2, 0.25) is 0 Å². The number of carboxylic acids is 1. The second-order valence-electron chi connectivity index (χ2n) is 10.8. The van der Waals surface area contributed by atoms with Gasteiger partial charge in [0.2, 0.25) is 23.6 Å². The van der Waals surface area contributed by atoms with Crippen molar-refractivity contribution in [2.45, 2.75) is 62.7 Å². The summed E-state index contributed by atoms with van der Waals surface area (Å²) in [6.45, 7) is 0.265. The number of amides is 4. The number of primary amides is 1. The number of carbonyl (C=O) groups is 5. The Kier molecular flexibility index (Phi) is 13.1. The summed E-state index contributed by atoms with van der Waals surface area (Å²) in [6, 6.07) is 11.2. The lowest BCUT2D eigenvalue weighted by Gasteiger charge is -2.25. The summed E-state index contributed by atoms with van der Waals surface area (Å²) >= 11 is 0. The number of para-hydroxylation sites is 1. The zero-order valence-electron chi connectivity index (χ0n) is 25.3. The third-order valence-electron chi connectivity index (χ3n) is 7.25. The lowest BCUT2D eigenvalue weighted by Crippen LogP contribution is -2.58. The van der Waals surface area contributed by atoms with Crippen LogP contribution in [0.5, 0.6) is 0 Å². The van der Waals surface area contributed by atoms with Crippen molar-refractivity contribution >= 4 is 46.5 Å². The molecule has 3 aromatic rings. The standard InChI is InChI=1S/C31H41N9O6/c32-21(10-6-14-36-31(34)35)27(42)39-24(16-19-17-37-22-11-5-4-9-20(19)22)29(44)38-23(12-13-26(33)41)28(43)40-25(30(45)46)15-18-7-2-1-3-8-18/h1-5,7-9,11,17,21,23-25,37H,6,10,12-16,32H2,(H2,33,41)(H,38,44)(H,39,42)(H,40,43)(H,45,46)(H4,34,35,36). The molecule has 3 rings (SSSR count). The number of rotatable bonds is 18. The molecule has 0 fully saturated rings. The molecule has 4 amide bonds. The maximum absolute atomic E-state index is 13.7. The molecule has 0 spiro atoms. The third kappa shape index (κ3) is 10.9. The number of nitrogens with zero attached hydrogens (tertiary/aromatic N) is 1. The summed E-state index contributed by atoms with van der Waals surface area (Å²) in [5, 5.41) is 18.3. The summed E-state index contributed by atoms with van der Waals surface area (Å²) in [4.78, 5) is 70.8. The fourth-order valence-corrected chi connectivity index (χ4v) is 4.81. The fourth-order valence-electron chi connectivity index (χ4n) is 4.81. The van der Waals surface area contributed by atoms with Gasteiger partial charge in [-0.05, 0) is 36.5 Å². The topological polar surface area (TPSA) is 274 Å². The van der Waals surface area contributed by atoms with Crippen LogP contribution < -0.4 is 38.9 Å². The lowest BCUT2D eigenvalue weighted by molar-refractivity contribution is -0.142. The highest BCUT2D eigenvalue weighted by molar-refractivity contribution is 5.95. The molecule has 4 unspecified atom stereocenters. The summed E-state index contributed by atoms with van der Waals surface area (Å²) in [5.41, 5.74) is 24.3. The first-order valence-electron chi connectivity index (χ1n) is 14.8. The van der Waals surface area contributed by atoms with Crippen molar-refractivity contribution < 1.29 is 29.1 Å². The first-order valence-corrected chi connectivity index (χ1v) is 14.8. The Morgan fingerprint density at radius 3 is 2.09 bits per heavy atom. The third-order valence-corrected chi connectivity index (χ3v) is 7.25. The Morgan fingerprint density at radius 2 is 1.41 bits per heavy atom. The van der Waals surface area contributed by atoms with Crippen molar-refractivity contribution in [3.63, 3.8) is 0 Å². The minimum atomic E-state index is -1.34. The zero-order valence-corrected chi connectivity index (χ0v) is 25.3. The minimum absolute atomic E-state index is 0.0152. The molecule has 0 aliphatic carbocycles. The van der Waals surface area contributed by atoms with Crippen LogP contribution in [0.1, 0.15) is 36.8 Å². The molecule has 1 heterocycles. The molecule has 46 heavy (non-hydrogen) atoms. The number of aliphatic carboxylic acids is 1. The van der Waals surface area contributed by atoms with Crippen LogP contribution in [0, 0.1) is 0 Å². The van der Waals surface area contributed by atoms with E-state index in [4.69, 9.17) is 22.9 Å². The molecule has 2 aromatic carbocycles. The van der Waals surface area contributed by atoms with Gasteiger partial charge in [-0.2, -0.15) is 0 Å². The van der Waals surface area contributed by atoms with Gasteiger partial charge in [-0.1, -0.05) is 48.5 Å². The van der Waals surface area contributed by atoms with Crippen molar-refractivity contribution in [1.29, 1.82) is 0 Å². The van der Waals surface area contributed by atoms with Gasteiger partial charge in [0.1, 0.15) is 18.1 Å². The number of nitrogens with one attached hydrogen (secondary N) is 4. The minimum Gasteiger partial charge on any atom is -0.480 e. The maximum Gasteiger partial charge on any atom is 0.326 e. The van der Waals surface area contributed by atoms with Gasteiger partial charge < -0.3 is 49.0 Å². The molecule has 0 saturated heterocycles. The molecule has 0 saturated carbocycles. The molecule has 15 nitrogen and oxygen atoms in total. The molecule has 0 radical (unpaired) electrons. The van der Waals surface area contributed by atoms with E-state index in [-0.39, 0.29) is 44.6 Å². The Balaban J connectivity index is 1.81. The number of aromatic amines is 1. The van der Waals surface area contributed by atoms with Crippen LogP contribution in [0.4, 0.5) is 0 Å². The summed E-state index contributed by atoms with van der Waals surface area (Å²) in [6.07, 6.45) is 1.89. The van der Waals surface area contributed by atoms with Crippen LogP contribution in [-0.2, 0) is 36.8 Å². The molecule has 13 N–H and O–H groups in total. The van der Waals surface area contributed by atoms with Crippen molar-refractivity contribution in [3.05, 3.63) is 71.9 Å². The number of fused-ring (bicyclic) bond motifs is 1. The number of carbonyl (C=O) groups excluding carboxylic acids is 4. The number of nitrogens with two attached hydrogens (primary N) is 4. The number of carboxylic acid groups (broad SMARTS) is 1. The van der Waals surface area contributed by atoms with Crippen LogP contribution >= 0.6 is 0 Å². The zero-order chi connectivity index (χ0) is 33.6. The van der Waals surface area contributed by atoms with E-state index in [0.717, 1.165) is 10.9 Å². The first-order chi connectivity index (χ1) is 21.9. The molecular formula is C31H41N9O6. The Bertz CT molecular complexity index is 1540. The highest BCUT2D eigenvalue weighted by atomic mass is 16.4. The van der Waals surface area contributed by atoms with E-state index in [1.165, 1.54) is 0 Å². The Morgan fingerprint density at radius 1 is 0.783 bits per heavy atom. The van der Waals surface area contributed by atoms with Crippen molar-refractivity contribution in [2.24, 2.45) is 27.9 Å². The predicted molar refractivity (Wildman–Crippen MR) is 172 cm³/mol. The van der Waals surface area contributed by atoms with Gasteiger partial charge in [-0.25, -0.2) is 4.79 Å². The summed E-state index contributed by atoms with van der Waals surface area (Å²) < 4.78 is 0. The van der Waals surface area contributed by atoms with Gasteiger partial charge in [0, 0.05) is 42.9 Å². The molecule has 0 aliphatic heterocycles. The van der Waals surface area contributed by atoms with Crippen LogP contribution in [0.3, 0.4) is 0 Å². The predicted octanol–water partition coefficient (Wildman–Crippen LogP) is -0.861. The highest BCUT2D eigenvalue weighted by Crippen LogP contribution is 2.19. The van der Waals surface area contributed by atoms with Crippen LogP contribution in [-0.4, -0.2) is 76.4 Å². The maximum atomic E-state index is 13.7. The largest absolute Gasteiger partial charge is 0.480 e. The van der Waals surface area contributed by atoms with Gasteiger partial charge in [0.05, 0.1) is 6.04 Å². The quantitative estimate of drug-likeness (QED) is 0.0477. The van der Waals surface area contributed by atoms with E-state index in [1.54, 1.807) is 36.5 Å². The Labute approximate surface area is 265 Å². The van der Waals surface area contributed by atoms with Gasteiger partial charge >= 0.3 is 5.97 Å². The van der Waals surface area contributed by atoms with Crippen LogP contribution in [0.25, 0.3) is 10.9 Å². The number of aliphatic imine (C=N–C) groups is 1. The molecular weight excluding hydrogens is 594 g/mol. The second kappa shape index (κ2) is 17.2. The normalized spacial score (nSPS) is 13.5. The SMILES string of the molecule is NC(=O)CCC(NC(=O)C(Cc1c[nH]c2ccccc12)NC(=O)C(N)CCCN=C(N)N)C(=O)NC(Cc1ccccc1)C(=O)O. The highest BCUT2D eigenvalue weighted by Gasteiger charge is 2.31. The number of H-pyrrole nitrogens is 1. The van der Waals surface area contributed by atoms with Crippen LogP contribution in [0.15, 0.2) is 65.8 Å². The van der Waals surface area contributed by atoms with Crippen molar-refractivity contribution in [2.75, 3.05) is 6.54 Å². The van der Waals surface area contributed by atoms with Gasteiger partial charge in [0.15, 0.2) is 5.96 Å². The number of guanidine groups is 1.